The molecule has 0 amide bonds. The Morgan fingerprint density at radius 1 is 1.03 bits per heavy atom. The van der Waals surface area contributed by atoms with Crippen LogP contribution in [-0.4, -0.2) is 18.3 Å². The highest BCUT2D eigenvalue weighted by Crippen LogP contribution is 2.34. The molecule has 0 aliphatic heterocycles. The summed E-state index contributed by atoms with van der Waals surface area (Å²) in [6, 6.07) is 24.2. The molecule has 37 heavy (non-hydrogen) atoms. The molecule has 0 radical (unpaired) electrons. The second-order valence-corrected chi connectivity index (χ2v) is 10.0. The summed E-state index contributed by atoms with van der Waals surface area (Å²) in [6.07, 6.45) is 8.46. The second kappa shape index (κ2) is 11.9. The Bertz CT molecular complexity index is 1410. The highest BCUT2D eigenvalue weighted by molar-refractivity contribution is 7.13. The van der Waals surface area contributed by atoms with Crippen LogP contribution in [0.4, 0.5) is 5.13 Å². The van der Waals surface area contributed by atoms with Crippen molar-refractivity contribution in [2.75, 3.05) is 7.11 Å². The number of nitriles is 1. The van der Waals surface area contributed by atoms with Crippen LogP contribution in [-0.2, 0) is 6.61 Å². The van der Waals surface area contributed by atoms with Gasteiger partial charge in [-0.2, -0.15) is 5.26 Å². The van der Waals surface area contributed by atoms with E-state index in [1.807, 2.05) is 36.4 Å². The Hall–Kier alpha value is -3.95. The summed E-state index contributed by atoms with van der Waals surface area (Å²) in [5.74, 6) is 1.93. The van der Waals surface area contributed by atoms with Crippen molar-refractivity contribution in [1.82, 2.24) is 4.98 Å². The van der Waals surface area contributed by atoms with Crippen molar-refractivity contribution in [3.8, 4) is 28.8 Å². The minimum atomic E-state index is 0.289. The Balaban J connectivity index is 1.24. The van der Waals surface area contributed by atoms with Gasteiger partial charge in [-0.05, 0) is 54.2 Å². The maximum absolute atomic E-state index is 9.28. The molecule has 0 unspecified atom stereocenters. The summed E-state index contributed by atoms with van der Waals surface area (Å²) >= 11 is 1.53. The van der Waals surface area contributed by atoms with E-state index in [-0.39, 0.29) is 6.61 Å². The smallest absolute Gasteiger partial charge is 0.209 e. The van der Waals surface area contributed by atoms with Crippen molar-refractivity contribution in [3.05, 3.63) is 94.4 Å². The molecule has 5 rings (SSSR count). The molecular weight excluding hydrogens is 478 g/mol. The topological polar surface area (TPSA) is 67.5 Å². The Labute approximate surface area is 222 Å². The highest BCUT2D eigenvalue weighted by Gasteiger charge is 2.15. The molecule has 1 aliphatic rings. The molecule has 1 fully saturated rings. The molecule has 0 saturated heterocycles. The van der Waals surface area contributed by atoms with Crippen molar-refractivity contribution < 1.29 is 9.47 Å². The van der Waals surface area contributed by atoms with Crippen molar-refractivity contribution in [2.24, 2.45) is 4.99 Å². The lowest BCUT2D eigenvalue weighted by molar-refractivity contribution is 0.284. The Morgan fingerprint density at radius 3 is 2.62 bits per heavy atom. The van der Waals surface area contributed by atoms with Gasteiger partial charge in [-0.1, -0.05) is 61.7 Å². The third-order valence-corrected chi connectivity index (χ3v) is 7.56. The molecule has 0 spiro atoms. The molecule has 6 heteroatoms. The van der Waals surface area contributed by atoms with Gasteiger partial charge in [-0.25, -0.2) is 9.98 Å². The first-order valence-electron chi connectivity index (χ1n) is 12.6. The van der Waals surface area contributed by atoms with Gasteiger partial charge in [0.1, 0.15) is 6.61 Å². The van der Waals surface area contributed by atoms with E-state index < -0.39 is 0 Å². The quantitative estimate of drug-likeness (QED) is 0.226. The summed E-state index contributed by atoms with van der Waals surface area (Å²) in [4.78, 5) is 9.30. The normalized spacial score (nSPS) is 13.9. The van der Waals surface area contributed by atoms with Crippen LogP contribution in [0, 0.1) is 11.3 Å². The van der Waals surface area contributed by atoms with Crippen LogP contribution >= 0.6 is 11.3 Å². The average Bonchev–Trinajstić information content (AvgIpc) is 3.45. The first-order chi connectivity index (χ1) is 18.2. The number of ether oxygens (including phenoxy) is 2. The monoisotopic (exact) mass is 507 g/mol. The lowest BCUT2D eigenvalue weighted by Crippen LogP contribution is -2.04. The van der Waals surface area contributed by atoms with Gasteiger partial charge in [-0.3, -0.25) is 0 Å². The first-order valence-corrected chi connectivity index (χ1v) is 13.5. The molecule has 4 aromatic rings. The minimum Gasteiger partial charge on any atom is -0.493 e. The van der Waals surface area contributed by atoms with Gasteiger partial charge in [0, 0.05) is 22.7 Å². The maximum atomic E-state index is 9.28. The zero-order valence-corrected chi connectivity index (χ0v) is 21.7. The van der Waals surface area contributed by atoms with E-state index in [0.717, 1.165) is 22.4 Å². The average molecular weight is 508 g/mol. The number of methoxy groups -OCH3 is 1. The highest BCUT2D eigenvalue weighted by atomic mass is 32.1. The number of aromatic nitrogens is 1. The molecule has 0 bridgehead atoms. The van der Waals surface area contributed by atoms with Crippen LogP contribution in [0.2, 0.25) is 0 Å². The fourth-order valence-corrected chi connectivity index (χ4v) is 5.41. The van der Waals surface area contributed by atoms with Gasteiger partial charge in [0.25, 0.3) is 0 Å². The second-order valence-electron chi connectivity index (χ2n) is 9.20. The number of hydrogen-bond acceptors (Lipinski definition) is 6. The molecule has 186 valence electrons. The van der Waals surface area contributed by atoms with E-state index >= 15 is 0 Å². The third kappa shape index (κ3) is 6.07. The molecular formula is C31H29N3O2S. The summed E-state index contributed by atoms with van der Waals surface area (Å²) in [5, 5.41) is 12.0. The van der Waals surface area contributed by atoms with Crippen LogP contribution in [0.15, 0.2) is 77.1 Å². The van der Waals surface area contributed by atoms with Gasteiger partial charge in [-0.15, -0.1) is 11.3 Å². The van der Waals surface area contributed by atoms with Crippen molar-refractivity contribution >= 4 is 22.7 Å². The third-order valence-electron chi connectivity index (χ3n) is 6.81. The van der Waals surface area contributed by atoms with Crippen LogP contribution in [0.25, 0.3) is 11.3 Å². The molecule has 0 atom stereocenters. The van der Waals surface area contributed by atoms with E-state index in [2.05, 4.69) is 40.7 Å². The fourth-order valence-electron chi connectivity index (χ4n) is 4.74. The summed E-state index contributed by atoms with van der Waals surface area (Å²) in [7, 11) is 1.61. The number of thiazole rings is 1. The SMILES string of the molecule is COc1cc(C=Nc2nc(-c3ccc(C4CCCCC4)cc3)cs2)ccc1OCc1ccccc1C#N. The lowest BCUT2D eigenvalue weighted by atomic mass is 9.84. The van der Waals surface area contributed by atoms with Crippen molar-refractivity contribution in [3.63, 3.8) is 0 Å². The zero-order chi connectivity index (χ0) is 25.5. The first kappa shape index (κ1) is 24.7. The standard InChI is InChI=1S/C31H29N3O2S/c1-35-30-17-22(11-16-29(30)36-20-27-10-6-5-9-26(27)18-32)19-33-31-34-28(21-37-31)25-14-12-24(13-15-25)23-7-3-2-4-8-23/h5-6,9-17,19,21,23H,2-4,7-8,20H2,1H3. The van der Waals surface area contributed by atoms with E-state index in [1.165, 1.54) is 49.0 Å². The molecule has 1 aromatic heterocycles. The van der Waals surface area contributed by atoms with E-state index in [1.54, 1.807) is 19.4 Å². The molecule has 0 N–H and O–H groups in total. The number of aliphatic imine (C=N–C) groups is 1. The van der Waals surface area contributed by atoms with E-state index in [9.17, 15) is 5.26 Å². The summed E-state index contributed by atoms with van der Waals surface area (Å²) in [5.41, 5.74) is 5.85. The van der Waals surface area contributed by atoms with Crippen LogP contribution in [0.3, 0.4) is 0 Å². The molecule has 1 aliphatic carbocycles. The Morgan fingerprint density at radius 2 is 1.84 bits per heavy atom. The summed E-state index contributed by atoms with van der Waals surface area (Å²) < 4.78 is 11.5. The summed E-state index contributed by atoms with van der Waals surface area (Å²) in [6.45, 7) is 0.289. The number of rotatable bonds is 8. The number of hydrogen-bond donors (Lipinski definition) is 0. The predicted molar refractivity (Wildman–Crippen MR) is 149 cm³/mol. The van der Waals surface area contributed by atoms with Gasteiger partial charge < -0.3 is 9.47 Å². The van der Waals surface area contributed by atoms with Crippen molar-refractivity contribution in [1.29, 1.82) is 5.26 Å². The molecule has 5 nitrogen and oxygen atoms in total. The minimum absolute atomic E-state index is 0.289. The van der Waals surface area contributed by atoms with E-state index in [0.29, 0.717) is 28.1 Å². The number of benzene rings is 3. The van der Waals surface area contributed by atoms with Crippen molar-refractivity contribution in [2.45, 2.75) is 44.6 Å². The van der Waals surface area contributed by atoms with Crippen LogP contribution < -0.4 is 9.47 Å². The lowest BCUT2D eigenvalue weighted by Gasteiger charge is -2.22. The molecule has 3 aromatic carbocycles. The van der Waals surface area contributed by atoms with E-state index in [4.69, 9.17) is 14.5 Å². The van der Waals surface area contributed by atoms with Crippen LogP contribution in [0.1, 0.15) is 60.3 Å². The maximum Gasteiger partial charge on any atom is 0.209 e. The number of nitrogens with zero attached hydrogens (tertiary/aromatic N) is 3. The zero-order valence-electron chi connectivity index (χ0n) is 20.9. The largest absolute Gasteiger partial charge is 0.493 e. The van der Waals surface area contributed by atoms with Crippen LogP contribution in [0.5, 0.6) is 11.5 Å². The molecule has 1 saturated carbocycles. The van der Waals surface area contributed by atoms with Gasteiger partial charge in [0.2, 0.25) is 5.13 Å². The Kier molecular flexibility index (Phi) is 7.93. The predicted octanol–water partition coefficient (Wildman–Crippen LogP) is 8.07. The van der Waals surface area contributed by atoms with Gasteiger partial charge >= 0.3 is 0 Å². The molecule has 1 heterocycles. The fraction of sp³-hybridized carbons (Fsp3) is 0.258. The van der Waals surface area contributed by atoms with Gasteiger partial charge in [0.05, 0.1) is 24.4 Å². The van der Waals surface area contributed by atoms with Gasteiger partial charge in [0.15, 0.2) is 11.5 Å².